The number of hydrogen-bond acceptors (Lipinski definition) is 4. The minimum atomic E-state index is -0.302. The summed E-state index contributed by atoms with van der Waals surface area (Å²) in [5, 5.41) is 10.3. The molecule has 0 aromatic heterocycles. The predicted molar refractivity (Wildman–Crippen MR) is 126 cm³/mol. The lowest BCUT2D eigenvalue weighted by Crippen LogP contribution is -2.55. The second-order valence-corrected chi connectivity index (χ2v) is 9.54. The Labute approximate surface area is 184 Å². The van der Waals surface area contributed by atoms with Crippen molar-refractivity contribution < 1.29 is 5.11 Å². The first-order chi connectivity index (χ1) is 13.4. The van der Waals surface area contributed by atoms with Gasteiger partial charge in [-0.3, -0.25) is 4.90 Å². The van der Waals surface area contributed by atoms with Crippen LogP contribution in [0.3, 0.4) is 0 Å². The molecule has 3 N–H and O–H groups in total. The Kier molecular flexibility index (Phi) is 7.17. The highest BCUT2D eigenvalue weighted by atomic mass is 127. The summed E-state index contributed by atoms with van der Waals surface area (Å²) < 4.78 is 1.15. The number of aromatic hydroxyl groups is 1. The van der Waals surface area contributed by atoms with Crippen LogP contribution >= 0.6 is 22.6 Å². The molecule has 1 aromatic rings. The zero-order valence-corrected chi connectivity index (χ0v) is 19.5. The number of phenolic OH excluding ortho intramolecular Hbond substituents is 1. The Hall–Kier alpha value is -0.970. The molecule has 1 aliphatic carbocycles. The average Bonchev–Trinajstić information content (AvgIpc) is 2.71. The molecule has 0 bridgehead atoms. The van der Waals surface area contributed by atoms with Gasteiger partial charge in [0.2, 0.25) is 0 Å². The number of rotatable bonds is 4. The maximum absolute atomic E-state index is 10.3. The van der Waals surface area contributed by atoms with Crippen molar-refractivity contribution in [2.75, 3.05) is 31.1 Å². The van der Waals surface area contributed by atoms with Gasteiger partial charge in [0, 0.05) is 16.7 Å². The van der Waals surface area contributed by atoms with Gasteiger partial charge in [0.15, 0.2) is 0 Å². The molecule has 1 saturated heterocycles. The van der Waals surface area contributed by atoms with Crippen molar-refractivity contribution in [2.45, 2.75) is 69.9 Å². The molecular weight excluding hydrogens is 461 g/mol. The Morgan fingerprint density at radius 2 is 1.71 bits per heavy atom. The molecule has 0 amide bonds. The van der Waals surface area contributed by atoms with Crippen LogP contribution in [-0.2, 0) is 0 Å². The summed E-state index contributed by atoms with van der Waals surface area (Å²) in [4.78, 5) is 4.82. The molecule has 4 nitrogen and oxygen atoms in total. The zero-order valence-electron chi connectivity index (χ0n) is 17.3. The highest BCUT2D eigenvalue weighted by Crippen LogP contribution is 2.36. The largest absolute Gasteiger partial charge is 0.506 e. The number of halogens is 1. The van der Waals surface area contributed by atoms with Crippen molar-refractivity contribution in [3.8, 4) is 17.6 Å². The number of hydrogen-bond donors (Lipinski definition) is 2. The predicted octanol–water partition coefficient (Wildman–Crippen LogP) is 4.34. The first-order valence-electron chi connectivity index (χ1n) is 10.7. The van der Waals surface area contributed by atoms with Crippen LogP contribution in [0.4, 0.5) is 5.69 Å². The lowest BCUT2D eigenvalue weighted by Gasteiger charge is -2.46. The minimum Gasteiger partial charge on any atom is -0.506 e. The van der Waals surface area contributed by atoms with E-state index in [1.165, 1.54) is 19.3 Å². The lowest BCUT2D eigenvalue weighted by atomic mass is 9.80. The van der Waals surface area contributed by atoms with Gasteiger partial charge in [-0.25, -0.2) is 0 Å². The maximum Gasteiger partial charge on any atom is 0.138 e. The molecular formula is C23H34IN3O. The number of anilines is 1. The van der Waals surface area contributed by atoms with E-state index >= 15 is 0 Å². The van der Waals surface area contributed by atoms with Crippen LogP contribution in [0.15, 0.2) is 18.2 Å². The first-order valence-corrected chi connectivity index (χ1v) is 11.8. The van der Waals surface area contributed by atoms with E-state index < -0.39 is 0 Å². The van der Waals surface area contributed by atoms with Crippen molar-refractivity contribution in [3.63, 3.8) is 0 Å². The van der Waals surface area contributed by atoms with Gasteiger partial charge in [0.25, 0.3) is 0 Å². The molecule has 1 heterocycles. The van der Waals surface area contributed by atoms with Gasteiger partial charge < -0.3 is 15.7 Å². The number of benzene rings is 1. The molecule has 1 aromatic carbocycles. The van der Waals surface area contributed by atoms with E-state index in [-0.39, 0.29) is 11.1 Å². The van der Waals surface area contributed by atoms with E-state index in [2.05, 4.69) is 64.1 Å². The zero-order chi connectivity index (χ0) is 20.2. The second kappa shape index (κ2) is 9.23. The fourth-order valence-corrected chi connectivity index (χ4v) is 5.24. The summed E-state index contributed by atoms with van der Waals surface area (Å²) in [5.41, 5.74) is 7.16. The number of nitrogens with two attached hydrogens (primary N) is 1. The Balaban J connectivity index is 1.82. The van der Waals surface area contributed by atoms with E-state index in [9.17, 15) is 5.11 Å². The Morgan fingerprint density at radius 3 is 2.32 bits per heavy atom. The highest BCUT2D eigenvalue weighted by Gasteiger charge is 2.38. The molecule has 3 rings (SSSR count). The smallest absolute Gasteiger partial charge is 0.138 e. The van der Waals surface area contributed by atoms with Crippen LogP contribution in [0, 0.1) is 15.4 Å². The van der Waals surface area contributed by atoms with Crippen molar-refractivity contribution in [3.05, 3.63) is 21.8 Å². The fourth-order valence-electron chi connectivity index (χ4n) is 4.77. The molecule has 0 atom stereocenters. The third-order valence-corrected chi connectivity index (χ3v) is 7.20. The molecule has 1 saturated carbocycles. The number of nitrogens with zero attached hydrogens (tertiary/aromatic N) is 2. The van der Waals surface area contributed by atoms with E-state index in [1.807, 2.05) is 6.07 Å². The van der Waals surface area contributed by atoms with Gasteiger partial charge in [-0.2, -0.15) is 0 Å². The molecule has 1 aliphatic heterocycles. The number of piperidine rings is 1. The normalized spacial score (nSPS) is 21.2. The quantitative estimate of drug-likeness (QED) is 0.482. The minimum absolute atomic E-state index is 0.110. The highest BCUT2D eigenvalue weighted by molar-refractivity contribution is 14.1. The van der Waals surface area contributed by atoms with E-state index in [1.54, 1.807) is 6.07 Å². The molecule has 0 unspecified atom stereocenters. The molecule has 5 heteroatoms. The van der Waals surface area contributed by atoms with Gasteiger partial charge in [-0.1, -0.05) is 45.0 Å². The van der Waals surface area contributed by atoms with Crippen LogP contribution in [0.5, 0.6) is 5.75 Å². The molecule has 2 fully saturated rings. The molecule has 154 valence electrons. The van der Waals surface area contributed by atoms with Crippen LogP contribution in [0.1, 0.15) is 58.8 Å². The Morgan fingerprint density at radius 1 is 1.07 bits per heavy atom. The van der Waals surface area contributed by atoms with Crippen LogP contribution in [0.2, 0.25) is 0 Å². The van der Waals surface area contributed by atoms with Crippen molar-refractivity contribution in [1.82, 2.24) is 4.90 Å². The maximum atomic E-state index is 10.3. The molecule has 2 aliphatic rings. The summed E-state index contributed by atoms with van der Waals surface area (Å²) in [6.07, 6.45) is 7.68. The third kappa shape index (κ3) is 4.77. The van der Waals surface area contributed by atoms with Gasteiger partial charge in [0.1, 0.15) is 5.75 Å². The van der Waals surface area contributed by atoms with Crippen LogP contribution in [-0.4, -0.2) is 47.3 Å². The average molecular weight is 495 g/mol. The van der Waals surface area contributed by atoms with Gasteiger partial charge in [-0.15, -0.1) is 0 Å². The molecule has 28 heavy (non-hydrogen) atoms. The topological polar surface area (TPSA) is 52.7 Å². The van der Waals surface area contributed by atoms with Crippen molar-refractivity contribution in [2.24, 2.45) is 5.73 Å². The van der Waals surface area contributed by atoms with Crippen molar-refractivity contribution >= 4 is 28.3 Å². The summed E-state index contributed by atoms with van der Waals surface area (Å²) in [5.74, 6) is 7.62. The summed E-state index contributed by atoms with van der Waals surface area (Å²) in [6.45, 7) is 8.24. The second-order valence-electron chi connectivity index (χ2n) is 8.29. The first kappa shape index (κ1) is 21.7. The lowest BCUT2D eigenvalue weighted by molar-refractivity contribution is 0.125. The monoisotopic (exact) mass is 495 g/mol. The Bertz CT molecular complexity index is 721. The molecule has 0 spiro atoms. The van der Waals surface area contributed by atoms with E-state index in [0.29, 0.717) is 5.75 Å². The number of phenols is 1. The van der Waals surface area contributed by atoms with Crippen LogP contribution in [0.25, 0.3) is 0 Å². The third-order valence-electron chi connectivity index (χ3n) is 6.53. The standard InChI is InChI=1S/C23H34IN3O/c1-3-27(4-2)23(13-12-22(25)10-6-5-7-11-22)14-16-26(17-15-23)20-18-19(24)8-9-21(20)28/h8-9,18,28H,3-7,10-11,14-17,25H2,1-2H3. The van der Waals surface area contributed by atoms with Crippen LogP contribution < -0.4 is 10.6 Å². The van der Waals surface area contributed by atoms with Crippen molar-refractivity contribution in [1.29, 1.82) is 0 Å². The summed E-state index contributed by atoms with van der Waals surface area (Å²) in [6, 6.07) is 5.81. The fraction of sp³-hybridized carbons (Fsp3) is 0.652. The van der Waals surface area contributed by atoms with Gasteiger partial charge in [0.05, 0.1) is 16.8 Å². The van der Waals surface area contributed by atoms with Gasteiger partial charge in [-0.05, 0) is 79.6 Å². The summed E-state index contributed by atoms with van der Waals surface area (Å²) >= 11 is 2.30. The van der Waals surface area contributed by atoms with E-state index in [4.69, 9.17) is 5.73 Å². The SMILES string of the molecule is CCN(CC)C1(C#CC2(N)CCCCC2)CCN(c2cc(I)ccc2O)CC1. The molecule has 0 radical (unpaired) electrons. The van der Waals surface area contributed by atoms with E-state index in [0.717, 1.165) is 61.1 Å². The van der Waals surface area contributed by atoms with Gasteiger partial charge >= 0.3 is 0 Å². The summed E-state index contributed by atoms with van der Waals surface area (Å²) in [7, 11) is 0.